The largest absolute Gasteiger partial charge is 0.466 e. The highest BCUT2D eigenvalue weighted by molar-refractivity contribution is 6.01. The van der Waals surface area contributed by atoms with Gasteiger partial charge in [0.05, 0.1) is 18.4 Å². The topological polar surface area (TPSA) is 79.5 Å². The number of aromatic nitrogens is 1. The minimum absolute atomic E-state index is 0.0409. The summed E-state index contributed by atoms with van der Waals surface area (Å²) >= 11 is 0. The summed E-state index contributed by atoms with van der Waals surface area (Å²) in [4.78, 5) is 42.1. The average molecular weight is 354 g/mol. The highest BCUT2D eigenvalue weighted by atomic mass is 16.5. The maximum absolute atomic E-state index is 12.9. The molecule has 1 aliphatic heterocycles. The van der Waals surface area contributed by atoms with Crippen molar-refractivity contribution in [2.45, 2.75) is 13.3 Å². The first-order valence-electron chi connectivity index (χ1n) is 8.52. The lowest BCUT2D eigenvalue weighted by atomic mass is 9.77. The van der Waals surface area contributed by atoms with E-state index in [4.69, 9.17) is 4.74 Å². The smallest absolute Gasteiger partial charge is 0.335 e. The Bertz CT molecular complexity index is 863. The lowest BCUT2D eigenvalue weighted by Gasteiger charge is -2.34. The van der Waals surface area contributed by atoms with Gasteiger partial charge in [-0.3, -0.25) is 9.59 Å². The maximum Gasteiger partial charge on any atom is 0.335 e. The van der Waals surface area contributed by atoms with E-state index in [0.29, 0.717) is 17.8 Å². The molecule has 0 spiro atoms. The Balaban J connectivity index is 1.92. The van der Waals surface area contributed by atoms with Crippen LogP contribution in [0.4, 0.5) is 0 Å². The molecule has 6 nitrogen and oxygen atoms in total. The molecule has 136 valence electrons. The van der Waals surface area contributed by atoms with Gasteiger partial charge in [-0.15, -0.1) is 0 Å². The van der Waals surface area contributed by atoms with Gasteiger partial charge < -0.3 is 14.6 Å². The van der Waals surface area contributed by atoms with Crippen molar-refractivity contribution in [3.63, 3.8) is 0 Å². The van der Waals surface area contributed by atoms with E-state index in [1.165, 1.54) is 14.0 Å². The second kappa shape index (κ2) is 7.15. The summed E-state index contributed by atoms with van der Waals surface area (Å²) in [5.74, 6) is -1.59. The standard InChI is InChI=1S/C20H22N2O4/c1-12(23)15-10-22(2)11-16(20(25)26-3)14(15)9-19(24)18-8-13-6-4-5-7-17(13)21-18/h4-8,11,14-15,21H,9-10H2,1-3H3/t14-,15+/m0/s1. The Kier molecular flexibility index (Phi) is 4.93. The van der Waals surface area contributed by atoms with Crippen LogP contribution in [0, 0.1) is 11.8 Å². The number of fused-ring (bicyclic) bond motifs is 1. The number of ether oxygens (including phenoxy) is 1. The molecule has 0 saturated heterocycles. The Morgan fingerprint density at radius 2 is 2.00 bits per heavy atom. The van der Waals surface area contributed by atoms with E-state index in [1.807, 2.05) is 24.3 Å². The summed E-state index contributed by atoms with van der Waals surface area (Å²) in [5, 5.41) is 0.950. The number of nitrogens with zero attached hydrogens (tertiary/aromatic N) is 1. The van der Waals surface area contributed by atoms with Crippen LogP contribution in [0.2, 0.25) is 0 Å². The molecule has 0 radical (unpaired) electrons. The number of para-hydroxylation sites is 1. The molecule has 1 N–H and O–H groups in total. The molecule has 2 aromatic rings. The van der Waals surface area contributed by atoms with Crippen molar-refractivity contribution in [1.82, 2.24) is 9.88 Å². The minimum atomic E-state index is -0.503. The van der Waals surface area contributed by atoms with Crippen molar-refractivity contribution < 1.29 is 19.1 Å². The molecule has 0 unspecified atom stereocenters. The van der Waals surface area contributed by atoms with Crippen LogP contribution in [0.1, 0.15) is 23.8 Å². The van der Waals surface area contributed by atoms with Gasteiger partial charge in [0.25, 0.3) is 0 Å². The monoisotopic (exact) mass is 354 g/mol. The number of methoxy groups -OCH3 is 1. The molecule has 26 heavy (non-hydrogen) atoms. The fourth-order valence-corrected chi connectivity index (χ4v) is 3.56. The number of H-pyrrole nitrogens is 1. The minimum Gasteiger partial charge on any atom is -0.466 e. The zero-order valence-corrected chi connectivity index (χ0v) is 15.1. The predicted octanol–water partition coefficient (Wildman–Crippen LogP) is 2.56. The van der Waals surface area contributed by atoms with Crippen LogP contribution in [-0.2, 0) is 14.3 Å². The normalized spacial score (nSPS) is 20.0. The van der Waals surface area contributed by atoms with Gasteiger partial charge in [0.1, 0.15) is 5.78 Å². The summed E-state index contributed by atoms with van der Waals surface area (Å²) in [6.07, 6.45) is 1.75. The molecule has 0 fully saturated rings. The van der Waals surface area contributed by atoms with E-state index in [2.05, 4.69) is 4.98 Å². The molecular formula is C20H22N2O4. The van der Waals surface area contributed by atoms with E-state index >= 15 is 0 Å². The van der Waals surface area contributed by atoms with Gasteiger partial charge in [-0.05, 0) is 19.1 Å². The van der Waals surface area contributed by atoms with Crippen molar-refractivity contribution >= 4 is 28.4 Å². The number of ketones is 2. The van der Waals surface area contributed by atoms with Gasteiger partial charge in [-0.25, -0.2) is 4.79 Å². The number of hydrogen-bond acceptors (Lipinski definition) is 5. The van der Waals surface area contributed by atoms with Crippen LogP contribution >= 0.6 is 0 Å². The highest BCUT2D eigenvalue weighted by Gasteiger charge is 2.38. The molecule has 0 amide bonds. The fourth-order valence-electron chi connectivity index (χ4n) is 3.56. The first-order chi connectivity index (χ1) is 12.4. The van der Waals surface area contributed by atoms with Crippen molar-refractivity contribution in [2.24, 2.45) is 11.8 Å². The number of Topliss-reactive ketones (excluding diaryl/α,β-unsaturated/α-hetero) is 2. The summed E-state index contributed by atoms with van der Waals surface area (Å²) < 4.78 is 4.87. The fraction of sp³-hybridized carbons (Fsp3) is 0.350. The number of nitrogens with one attached hydrogen (secondary N) is 1. The van der Waals surface area contributed by atoms with Crippen LogP contribution in [0.15, 0.2) is 42.1 Å². The van der Waals surface area contributed by atoms with Crippen molar-refractivity contribution in [3.8, 4) is 0 Å². The number of benzene rings is 1. The van der Waals surface area contributed by atoms with Gasteiger partial charge in [-0.2, -0.15) is 0 Å². The summed E-state index contributed by atoms with van der Waals surface area (Å²) in [7, 11) is 3.10. The van der Waals surface area contributed by atoms with Crippen molar-refractivity contribution in [3.05, 3.63) is 47.8 Å². The Morgan fingerprint density at radius 3 is 2.65 bits per heavy atom. The zero-order chi connectivity index (χ0) is 18.8. The van der Waals surface area contributed by atoms with E-state index < -0.39 is 17.8 Å². The van der Waals surface area contributed by atoms with Crippen molar-refractivity contribution in [1.29, 1.82) is 0 Å². The first-order valence-corrected chi connectivity index (χ1v) is 8.52. The third-order valence-electron chi connectivity index (χ3n) is 4.91. The Morgan fingerprint density at radius 1 is 1.27 bits per heavy atom. The van der Waals surface area contributed by atoms with E-state index in [-0.39, 0.29) is 18.0 Å². The van der Waals surface area contributed by atoms with Gasteiger partial charge in [0.15, 0.2) is 5.78 Å². The van der Waals surface area contributed by atoms with Gasteiger partial charge >= 0.3 is 5.97 Å². The number of carbonyl (C=O) groups excluding carboxylic acids is 3. The molecule has 1 aromatic carbocycles. The molecule has 2 atom stereocenters. The second-order valence-corrected chi connectivity index (χ2v) is 6.74. The summed E-state index contributed by atoms with van der Waals surface area (Å²) in [5.41, 5.74) is 1.73. The number of carbonyl (C=O) groups is 3. The van der Waals surface area contributed by atoms with Gasteiger partial charge in [0.2, 0.25) is 0 Å². The van der Waals surface area contributed by atoms with E-state index in [0.717, 1.165) is 10.9 Å². The van der Waals surface area contributed by atoms with Crippen LogP contribution in [0.5, 0.6) is 0 Å². The molecule has 1 aliphatic rings. The summed E-state index contributed by atoms with van der Waals surface area (Å²) in [6.45, 7) is 1.97. The lowest BCUT2D eigenvalue weighted by Crippen LogP contribution is -2.40. The molecule has 0 bridgehead atoms. The Labute approximate surface area is 151 Å². The van der Waals surface area contributed by atoms with Crippen LogP contribution < -0.4 is 0 Å². The molecular weight excluding hydrogens is 332 g/mol. The third-order valence-corrected chi connectivity index (χ3v) is 4.91. The van der Waals surface area contributed by atoms with Crippen LogP contribution in [0.3, 0.4) is 0 Å². The highest BCUT2D eigenvalue weighted by Crippen LogP contribution is 2.32. The maximum atomic E-state index is 12.9. The van der Waals surface area contributed by atoms with E-state index in [9.17, 15) is 14.4 Å². The molecule has 3 rings (SSSR count). The molecule has 1 aromatic heterocycles. The van der Waals surface area contributed by atoms with Crippen LogP contribution in [0.25, 0.3) is 10.9 Å². The van der Waals surface area contributed by atoms with Crippen LogP contribution in [-0.4, -0.2) is 48.1 Å². The quantitative estimate of drug-likeness (QED) is 0.659. The number of rotatable bonds is 5. The SMILES string of the molecule is COC(=O)C1=CN(C)C[C@H](C(C)=O)[C@@H]1CC(=O)c1cc2ccccc2[nH]1. The molecule has 0 saturated carbocycles. The lowest BCUT2D eigenvalue weighted by molar-refractivity contribution is -0.137. The molecule has 2 heterocycles. The van der Waals surface area contributed by atoms with Crippen molar-refractivity contribution in [2.75, 3.05) is 20.7 Å². The van der Waals surface area contributed by atoms with Gasteiger partial charge in [-0.1, -0.05) is 18.2 Å². The first kappa shape index (κ1) is 17.9. The average Bonchev–Trinajstić information content (AvgIpc) is 3.06. The number of hydrogen-bond donors (Lipinski definition) is 1. The number of aromatic amines is 1. The Hall–Kier alpha value is -2.89. The zero-order valence-electron chi connectivity index (χ0n) is 15.1. The second-order valence-electron chi connectivity index (χ2n) is 6.74. The summed E-state index contributed by atoms with van der Waals surface area (Å²) in [6, 6.07) is 9.44. The van der Waals surface area contributed by atoms with E-state index in [1.54, 1.807) is 24.2 Å². The molecule has 0 aliphatic carbocycles. The van der Waals surface area contributed by atoms with Gasteiger partial charge in [0, 0.05) is 49.0 Å². The predicted molar refractivity (Wildman–Crippen MR) is 97.6 cm³/mol. The molecule has 6 heteroatoms. The number of esters is 1. The third kappa shape index (κ3) is 3.40.